The fraction of sp³-hybridized carbons (Fsp3) is 0.308. The number of carbonyl (C=O) groups excluding carboxylic acids is 3. The summed E-state index contributed by atoms with van der Waals surface area (Å²) in [4.78, 5) is 34.8. The quantitative estimate of drug-likeness (QED) is 0.575. The molecule has 0 N–H and O–H groups in total. The van der Waals surface area contributed by atoms with Crippen molar-refractivity contribution in [3.63, 3.8) is 0 Å². The van der Waals surface area contributed by atoms with Crippen LogP contribution in [0.2, 0.25) is 0 Å². The molecule has 1 aromatic carbocycles. The molecule has 0 atom stereocenters. The first-order chi connectivity index (χ1) is 9.87. The molecule has 112 valence electrons. The number of sulfonamides is 1. The maximum absolute atomic E-state index is 12.2. The second kappa shape index (κ2) is 5.65. The zero-order valence-corrected chi connectivity index (χ0v) is 12.1. The number of hydrogen-bond donors (Lipinski definition) is 0. The Morgan fingerprint density at radius 2 is 1.90 bits per heavy atom. The van der Waals surface area contributed by atoms with Gasteiger partial charge in [-0.25, -0.2) is 12.7 Å². The van der Waals surface area contributed by atoms with Gasteiger partial charge in [0.2, 0.25) is 0 Å². The molecule has 1 heterocycles. The van der Waals surface area contributed by atoms with E-state index in [1.54, 1.807) is 6.92 Å². The van der Waals surface area contributed by atoms with Crippen LogP contribution in [0, 0.1) is 0 Å². The summed E-state index contributed by atoms with van der Waals surface area (Å²) in [5.74, 6) is -2.20. The van der Waals surface area contributed by atoms with E-state index in [0.29, 0.717) is 4.31 Å². The fourth-order valence-corrected chi connectivity index (χ4v) is 3.53. The number of Topliss-reactive ketones (excluding diaryl/α,β-unsaturated/α-hetero) is 1. The lowest BCUT2D eigenvalue weighted by Gasteiger charge is -2.13. The fourth-order valence-electron chi connectivity index (χ4n) is 1.98. The molecule has 1 aliphatic rings. The maximum atomic E-state index is 12.2. The van der Waals surface area contributed by atoms with Crippen LogP contribution in [0.3, 0.4) is 0 Å². The van der Waals surface area contributed by atoms with E-state index in [0.717, 1.165) is 0 Å². The number of esters is 1. The van der Waals surface area contributed by atoms with Gasteiger partial charge < -0.3 is 4.74 Å². The first-order valence-corrected chi connectivity index (χ1v) is 7.65. The normalized spacial score (nSPS) is 15.7. The minimum atomic E-state index is -4.03. The van der Waals surface area contributed by atoms with Crippen molar-refractivity contribution in [2.45, 2.75) is 18.2 Å². The number of hydrogen-bond acceptors (Lipinski definition) is 6. The number of rotatable bonds is 5. The van der Waals surface area contributed by atoms with Gasteiger partial charge in [0, 0.05) is 0 Å². The molecule has 0 bridgehead atoms. The Morgan fingerprint density at radius 3 is 2.52 bits per heavy atom. The third-order valence-corrected chi connectivity index (χ3v) is 4.67. The molecule has 0 fully saturated rings. The van der Waals surface area contributed by atoms with E-state index in [1.807, 2.05) is 0 Å². The highest BCUT2D eigenvalue weighted by atomic mass is 32.2. The van der Waals surface area contributed by atoms with Crippen LogP contribution in [0.25, 0.3) is 0 Å². The standard InChI is InChI=1S/C13H13NO6S/c1-2-20-12(16)7-9(15)8-14-13(17)10-5-3-4-6-11(10)21(14,18)19/h3-6H,2,7-8H2,1H3. The average molecular weight is 311 g/mol. The summed E-state index contributed by atoms with van der Waals surface area (Å²) in [6.45, 7) is 1.04. The van der Waals surface area contributed by atoms with Crippen LogP contribution < -0.4 is 0 Å². The lowest BCUT2D eigenvalue weighted by Crippen LogP contribution is -2.35. The van der Waals surface area contributed by atoms with Gasteiger partial charge in [-0.15, -0.1) is 0 Å². The maximum Gasteiger partial charge on any atom is 0.313 e. The van der Waals surface area contributed by atoms with Crippen molar-refractivity contribution in [3.05, 3.63) is 29.8 Å². The molecule has 1 aromatic rings. The molecule has 2 rings (SSSR count). The predicted molar refractivity (Wildman–Crippen MR) is 70.9 cm³/mol. The average Bonchev–Trinajstić information content (AvgIpc) is 2.61. The van der Waals surface area contributed by atoms with Gasteiger partial charge in [-0.1, -0.05) is 12.1 Å². The topological polar surface area (TPSA) is 97.8 Å². The van der Waals surface area contributed by atoms with E-state index >= 15 is 0 Å². The highest BCUT2D eigenvalue weighted by molar-refractivity contribution is 7.90. The molecular weight excluding hydrogens is 298 g/mol. The molecule has 0 aliphatic carbocycles. The zero-order chi connectivity index (χ0) is 15.6. The Hall–Kier alpha value is -2.22. The molecule has 1 amide bonds. The largest absolute Gasteiger partial charge is 0.466 e. The van der Waals surface area contributed by atoms with Crippen LogP contribution in [0.5, 0.6) is 0 Å². The van der Waals surface area contributed by atoms with E-state index in [9.17, 15) is 22.8 Å². The Bertz CT molecular complexity index is 709. The van der Waals surface area contributed by atoms with E-state index in [2.05, 4.69) is 4.74 Å². The van der Waals surface area contributed by atoms with Crippen molar-refractivity contribution < 1.29 is 27.5 Å². The Morgan fingerprint density at radius 1 is 1.24 bits per heavy atom. The van der Waals surface area contributed by atoms with E-state index < -0.39 is 40.6 Å². The summed E-state index contributed by atoms with van der Waals surface area (Å²) in [5.41, 5.74) is 0.0291. The molecule has 0 spiro atoms. The molecule has 7 nitrogen and oxygen atoms in total. The van der Waals surface area contributed by atoms with Gasteiger partial charge in [-0.2, -0.15) is 0 Å². The molecule has 0 unspecified atom stereocenters. The monoisotopic (exact) mass is 311 g/mol. The lowest BCUT2D eigenvalue weighted by atomic mass is 10.2. The second-order valence-electron chi connectivity index (χ2n) is 4.33. The van der Waals surface area contributed by atoms with Gasteiger partial charge in [-0.3, -0.25) is 14.4 Å². The number of ether oxygens (including phenoxy) is 1. The lowest BCUT2D eigenvalue weighted by molar-refractivity contribution is -0.145. The van der Waals surface area contributed by atoms with E-state index in [-0.39, 0.29) is 17.1 Å². The molecule has 0 saturated carbocycles. The summed E-state index contributed by atoms with van der Waals surface area (Å²) < 4.78 is 29.4. The third kappa shape index (κ3) is 2.80. The van der Waals surface area contributed by atoms with Crippen LogP contribution in [0.1, 0.15) is 23.7 Å². The zero-order valence-electron chi connectivity index (χ0n) is 11.2. The highest BCUT2D eigenvalue weighted by Gasteiger charge is 2.41. The van der Waals surface area contributed by atoms with Gasteiger partial charge >= 0.3 is 5.97 Å². The molecule has 8 heteroatoms. The Balaban J connectivity index is 2.18. The van der Waals surface area contributed by atoms with Crippen molar-refractivity contribution in [1.29, 1.82) is 0 Å². The van der Waals surface area contributed by atoms with Crippen molar-refractivity contribution in [3.8, 4) is 0 Å². The SMILES string of the molecule is CCOC(=O)CC(=O)CN1C(=O)c2ccccc2S1(=O)=O. The number of carbonyl (C=O) groups is 3. The summed E-state index contributed by atoms with van der Waals surface area (Å²) in [7, 11) is -4.03. The van der Waals surface area contributed by atoms with Gasteiger partial charge in [0.1, 0.15) is 11.3 Å². The number of benzene rings is 1. The molecule has 0 aromatic heterocycles. The first-order valence-electron chi connectivity index (χ1n) is 6.21. The van der Waals surface area contributed by atoms with Gasteiger partial charge in [0.05, 0.1) is 18.7 Å². The van der Waals surface area contributed by atoms with Gasteiger partial charge in [-0.05, 0) is 19.1 Å². The molecule has 0 saturated heterocycles. The number of fused-ring (bicyclic) bond motifs is 1. The van der Waals surface area contributed by atoms with Gasteiger partial charge in [0.25, 0.3) is 15.9 Å². The number of ketones is 1. The first kappa shape index (κ1) is 15.2. The Labute approximate surface area is 121 Å². The summed E-state index contributed by atoms with van der Waals surface area (Å²) in [5, 5.41) is 0. The van der Waals surface area contributed by atoms with Crippen LogP contribution in [0.15, 0.2) is 29.2 Å². The van der Waals surface area contributed by atoms with E-state index in [4.69, 9.17) is 0 Å². The smallest absolute Gasteiger partial charge is 0.313 e. The van der Waals surface area contributed by atoms with Crippen LogP contribution in [-0.4, -0.2) is 43.5 Å². The predicted octanol–water partition coefficient (Wildman–Crippen LogP) is 0.353. The van der Waals surface area contributed by atoms with Crippen LogP contribution >= 0.6 is 0 Å². The van der Waals surface area contributed by atoms with Crippen molar-refractivity contribution >= 4 is 27.7 Å². The second-order valence-corrected chi connectivity index (χ2v) is 6.16. The third-order valence-electron chi connectivity index (χ3n) is 2.88. The van der Waals surface area contributed by atoms with Crippen molar-refractivity contribution in [2.75, 3.05) is 13.2 Å². The summed E-state index contributed by atoms with van der Waals surface area (Å²) >= 11 is 0. The van der Waals surface area contributed by atoms with Crippen LogP contribution in [0.4, 0.5) is 0 Å². The van der Waals surface area contributed by atoms with Gasteiger partial charge in [0.15, 0.2) is 5.78 Å². The Kier molecular flexibility index (Phi) is 4.08. The number of nitrogens with zero attached hydrogens (tertiary/aromatic N) is 1. The van der Waals surface area contributed by atoms with E-state index in [1.165, 1.54) is 24.3 Å². The summed E-state index contributed by atoms with van der Waals surface area (Å²) in [6.07, 6.45) is -0.566. The molecule has 0 radical (unpaired) electrons. The van der Waals surface area contributed by atoms with Crippen molar-refractivity contribution in [1.82, 2.24) is 4.31 Å². The molecular formula is C13H13NO6S. The van der Waals surface area contributed by atoms with Crippen LogP contribution in [-0.2, 0) is 24.3 Å². The highest BCUT2D eigenvalue weighted by Crippen LogP contribution is 2.29. The minimum Gasteiger partial charge on any atom is -0.466 e. The minimum absolute atomic E-state index is 0.0291. The van der Waals surface area contributed by atoms with Crippen molar-refractivity contribution in [2.24, 2.45) is 0 Å². The number of amides is 1. The molecule has 21 heavy (non-hydrogen) atoms. The molecule has 1 aliphatic heterocycles. The summed E-state index contributed by atoms with van der Waals surface area (Å²) in [6, 6.07) is 5.72.